The quantitative estimate of drug-likeness (QED) is 0.686. The number of alkyl halides is 1. The van der Waals surface area contributed by atoms with E-state index in [0.29, 0.717) is 6.04 Å². The smallest absolute Gasteiger partial charge is 0.0467 e. The molecule has 96 valence electrons. The first-order valence-corrected chi connectivity index (χ1v) is 8.59. The van der Waals surface area contributed by atoms with Gasteiger partial charge in [-0.25, -0.2) is 0 Å². The Morgan fingerprint density at radius 2 is 2.18 bits per heavy atom. The molecule has 0 fully saturated rings. The van der Waals surface area contributed by atoms with Crippen LogP contribution in [0, 0.1) is 0 Å². The van der Waals surface area contributed by atoms with Gasteiger partial charge in [-0.3, -0.25) is 0 Å². The zero-order valence-corrected chi connectivity index (χ0v) is 13.7. The van der Waals surface area contributed by atoms with E-state index in [1.54, 1.807) is 0 Å². The lowest BCUT2D eigenvalue weighted by molar-refractivity contribution is 0.673. The fourth-order valence-electron chi connectivity index (χ4n) is 1.77. The molecule has 0 amide bonds. The number of hydrogen-bond acceptors (Lipinski definition) is 2. The molecule has 0 aliphatic carbocycles. The van der Waals surface area contributed by atoms with Crippen LogP contribution in [0.25, 0.3) is 0 Å². The molecule has 0 saturated heterocycles. The minimum Gasteiger partial charge on any atom is -0.371 e. The van der Waals surface area contributed by atoms with Gasteiger partial charge in [0.2, 0.25) is 0 Å². The number of rotatable bonds is 6. The third-order valence-electron chi connectivity index (χ3n) is 2.97. The Morgan fingerprint density at radius 1 is 1.47 bits per heavy atom. The van der Waals surface area contributed by atoms with Crippen LogP contribution in [0.4, 0.5) is 5.69 Å². The standard InChI is InChI=1S/C13H19BrClNS/c1-4-11(9-17-3)16(2)12-6-5-10(8-14)13(15)7-12/h5-7,11H,4,8-9H2,1-3H3. The van der Waals surface area contributed by atoms with Gasteiger partial charge in [0, 0.05) is 34.9 Å². The van der Waals surface area contributed by atoms with Crippen molar-refractivity contribution in [1.29, 1.82) is 0 Å². The van der Waals surface area contributed by atoms with Gasteiger partial charge >= 0.3 is 0 Å². The van der Waals surface area contributed by atoms with Crippen molar-refractivity contribution in [3.05, 3.63) is 28.8 Å². The monoisotopic (exact) mass is 335 g/mol. The summed E-state index contributed by atoms with van der Waals surface area (Å²) in [4.78, 5) is 2.32. The zero-order chi connectivity index (χ0) is 12.8. The highest BCUT2D eigenvalue weighted by Crippen LogP contribution is 2.26. The average Bonchev–Trinajstić information content (AvgIpc) is 2.35. The lowest BCUT2D eigenvalue weighted by Crippen LogP contribution is -2.33. The first-order valence-electron chi connectivity index (χ1n) is 5.70. The second-order valence-corrected chi connectivity index (χ2v) is 5.92. The molecule has 1 rings (SSSR count). The zero-order valence-electron chi connectivity index (χ0n) is 10.5. The van der Waals surface area contributed by atoms with Crippen LogP contribution in [0.1, 0.15) is 18.9 Å². The Labute approximate surface area is 122 Å². The molecule has 1 aromatic rings. The third-order valence-corrected chi connectivity index (χ3v) is 4.64. The van der Waals surface area contributed by atoms with Crippen LogP contribution in [-0.2, 0) is 5.33 Å². The summed E-state index contributed by atoms with van der Waals surface area (Å²) in [6.07, 6.45) is 3.30. The Hall–Kier alpha value is 0.140. The predicted molar refractivity (Wildman–Crippen MR) is 84.9 cm³/mol. The number of halogens is 2. The number of nitrogens with zero attached hydrogens (tertiary/aromatic N) is 1. The normalized spacial score (nSPS) is 12.5. The Bertz CT molecular complexity index is 359. The van der Waals surface area contributed by atoms with Crippen LogP contribution >= 0.6 is 39.3 Å². The van der Waals surface area contributed by atoms with Gasteiger partial charge in [0.15, 0.2) is 0 Å². The summed E-state index contributed by atoms with van der Waals surface area (Å²) in [6, 6.07) is 6.86. The summed E-state index contributed by atoms with van der Waals surface area (Å²) in [5.74, 6) is 1.14. The van der Waals surface area contributed by atoms with Gasteiger partial charge in [0.1, 0.15) is 0 Å². The van der Waals surface area contributed by atoms with Crippen molar-refractivity contribution in [2.24, 2.45) is 0 Å². The van der Waals surface area contributed by atoms with Gasteiger partial charge in [-0.15, -0.1) is 0 Å². The van der Waals surface area contributed by atoms with E-state index >= 15 is 0 Å². The maximum atomic E-state index is 6.24. The van der Waals surface area contributed by atoms with Crippen molar-refractivity contribution in [1.82, 2.24) is 0 Å². The van der Waals surface area contributed by atoms with Gasteiger partial charge in [0.25, 0.3) is 0 Å². The van der Waals surface area contributed by atoms with Crippen molar-refractivity contribution in [2.45, 2.75) is 24.7 Å². The predicted octanol–water partition coefficient (Wildman–Crippen LogP) is 4.81. The first kappa shape index (κ1) is 15.2. The number of hydrogen-bond donors (Lipinski definition) is 0. The SMILES string of the molecule is CCC(CSC)N(C)c1ccc(CBr)c(Cl)c1. The van der Waals surface area contributed by atoms with Gasteiger partial charge in [-0.05, 0) is 30.4 Å². The lowest BCUT2D eigenvalue weighted by Gasteiger charge is -2.29. The van der Waals surface area contributed by atoms with Gasteiger partial charge in [0.05, 0.1) is 0 Å². The number of thioether (sulfide) groups is 1. The molecule has 1 atom stereocenters. The molecular weight excluding hydrogens is 318 g/mol. The molecule has 0 N–H and O–H groups in total. The highest BCUT2D eigenvalue weighted by atomic mass is 79.9. The molecule has 0 radical (unpaired) electrons. The molecule has 0 saturated carbocycles. The molecule has 0 aromatic heterocycles. The molecule has 0 aliphatic rings. The molecule has 0 aliphatic heterocycles. The van der Waals surface area contributed by atoms with Crippen molar-refractivity contribution in [2.75, 3.05) is 24.0 Å². The second-order valence-electron chi connectivity index (χ2n) is 4.04. The molecular formula is C13H19BrClNS. The van der Waals surface area contributed by atoms with E-state index in [0.717, 1.165) is 28.1 Å². The Balaban J connectivity index is 2.87. The van der Waals surface area contributed by atoms with Gasteiger partial charge < -0.3 is 4.90 Å². The Kier molecular flexibility index (Phi) is 6.75. The summed E-state index contributed by atoms with van der Waals surface area (Å²) in [6.45, 7) is 2.23. The van der Waals surface area contributed by atoms with E-state index < -0.39 is 0 Å². The molecule has 4 heteroatoms. The minimum absolute atomic E-state index is 0.566. The van der Waals surface area contributed by atoms with Crippen molar-refractivity contribution in [3.63, 3.8) is 0 Å². The van der Waals surface area contributed by atoms with E-state index in [2.05, 4.69) is 59.3 Å². The van der Waals surface area contributed by atoms with Gasteiger partial charge in [-0.1, -0.05) is 40.5 Å². The molecule has 0 heterocycles. The van der Waals surface area contributed by atoms with E-state index in [-0.39, 0.29) is 0 Å². The molecule has 17 heavy (non-hydrogen) atoms. The number of anilines is 1. The van der Waals surface area contributed by atoms with Crippen LogP contribution in [0.2, 0.25) is 5.02 Å². The molecule has 0 bridgehead atoms. The highest BCUT2D eigenvalue weighted by Gasteiger charge is 2.13. The van der Waals surface area contributed by atoms with Crippen molar-refractivity contribution < 1.29 is 0 Å². The van der Waals surface area contributed by atoms with Crippen LogP contribution < -0.4 is 4.90 Å². The largest absolute Gasteiger partial charge is 0.371 e. The molecule has 1 unspecified atom stereocenters. The van der Waals surface area contributed by atoms with Crippen molar-refractivity contribution in [3.8, 4) is 0 Å². The summed E-state index contributed by atoms with van der Waals surface area (Å²) in [5, 5.41) is 1.64. The molecule has 1 aromatic carbocycles. The maximum absolute atomic E-state index is 6.24. The summed E-state index contributed by atoms with van der Waals surface area (Å²) >= 11 is 11.6. The average molecular weight is 337 g/mol. The summed E-state index contributed by atoms with van der Waals surface area (Å²) in [7, 11) is 2.14. The maximum Gasteiger partial charge on any atom is 0.0467 e. The van der Waals surface area contributed by atoms with E-state index in [1.807, 2.05) is 11.8 Å². The summed E-state index contributed by atoms with van der Waals surface area (Å²) < 4.78 is 0. The lowest BCUT2D eigenvalue weighted by atomic mass is 10.1. The van der Waals surface area contributed by atoms with Crippen LogP contribution in [0.5, 0.6) is 0 Å². The number of benzene rings is 1. The van der Waals surface area contributed by atoms with Crippen molar-refractivity contribution >= 4 is 45.0 Å². The first-order chi connectivity index (χ1) is 8.13. The molecule has 1 nitrogen and oxygen atoms in total. The van der Waals surface area contributed by atoms with Crippen LogP contribution in [0.15, 0.2) is 18.2 Å². The fraction of sp³-hybridized carbons (Fsp3) is 0.538. The molecule has 0 spiro atoms. The Morgan fingerprint density at radius 3 is 2.65 bits per heavy atom. The van der Waals surface area contributed by atoms with E-state index in [4.69, 9.17) is 11.6 Å². The van der Waals surface area contributed by atoms with Gasteiger partial charge in [-0.2, -0.15) is 11.8 Å². The highest BCUT2D eigenvalue weighted by molar-refractivity contribution is 9.08. The van der Waals surface area contributed by atoms with Crippen LogP contribution in [0.3, 0.4) is 0 Å². The second kappa shape index (κ2) is 7.55. The third kappa shape index (κ3) is 4.08. The topological polar surface area (TPSA) is 3.24 Å². The summed E-state index contributed by atoms with van der Waals surface area (Å²) in [5.41, 5.74) is 2.34. The van der Waals surface area contributed by atoms with E-state index in [9.17, 15) is 0 Å². The minimum atomic E-state index is 0.566. The fourth-order valence-corrected chi connectivity index (χ4v) is 3.51. The van der Waals surface area contributed by atoms with E-state index in [1.165, 1.54) is 5.69 Å². The van der Waals surface area contributed by atoms with Crippen LogP contribution in [-0.4, -0.2) is 25.1 Å².